The molecule has 4 heteroatoms. The van der Waals surface area contributed by atoms with Gasteiger partial charge >= 0.3 is 0 Å². The molecule has 1 aliphatic carbocycles. The van der Waals surface area contributed by atoms with Gasteiger partial charge in [0.2, 0.25) is 0 Å². The van der Waals surface area contributed by atoms with Crippen LogP contribution in [0.4, 0.5) is 0 Å². The van der Waals surface area contributed by atoms with Gasteiger partial charge in [-0.1, -0.05) is 12.8 Å². The molecule has 1 spiro atoms. The first-order valence-electron chi connectivity index (χ1n) is 9.40. The van der Waals surface area contributed by atoms with E-state index in [0.29, 0.717) is 12.0 Å². The number of rotatable bonds is 4. The van der Waals surface area contributed by atoms with Gasteiger partial charge in [-0.3, -0.25) is 4.90 Å². The van der Waals surface area contributed by atoms with Gasteiger partial charge in [0.15, 0.2) is 0 Å². The van der Waals surface area contributed by atoms with Gasteiger partial charge in [-0.2, -0.15) is 0 Å². The first-order valence-corrected chi connectivity index (χ1v) is 9.40. The summed E-state index contributed by atoms with van der Waals surface area (Å²) in [7, 11) is 0. The van der Waals surface area contributed by atoms with E-state index in [-0.39, 0.29) is 5.60 Å². The second kappa shape index (κ2) is 6.76. The molecule has 3 heterocycles. The van der Waals surface area contributed by atoms with Crippen molar-refractivity contribution < 1.29 is 14.2 Å². The molecular weight excluding hydrogens is 278 g/mol. The zero-order valence-electron chi connectivity index (χ0n) is 13.8. The van der Waals surface area contributed by atoms with E-state index in [9.17, 15) is 0 Å². The first kappa shape index (κ1) is 15.4. The number of ether oxygens (including phenoxy) is 3. The highest BCUT2D eigenvalue weighted by molar-refractivity contribution is 5.03. The van der Waals surface area contributed by atoms with Crippen molar-refractivity contribution in [2.45, 2.75) is 69.1 Å². The van der Waals surface area contributed by atoms with E-state index in [2.05, 4.69) is 4.90 Å². The number of hydrogen-bond donors (Lipinski definition) is 0. The molecule has 4 nitrogen and oxygen atoms in total. The van der Waals surface area contributed by atoms with Crippen molar-refractivity contribution in [1.82, 2.24) is 4.90 Å². The number of likely N-dealkylation sites (tertiary alicyclic amines) is 1. The lowest BCUT2D eigenvalue weighted by Gasteiger charge is -2.55. The Kier molecular flexibility index (Phi) is 4.72. The van der Waals surface area contributed by atoms with Gasteiger partial charge in [-0.05, 0) is 38.0 Å². The maximum Gasteiger partial charge on any atom is 0.0959 e. The zero-order chi connectivity index (χ0) is 14.8. The van der Waals surface area contributed by atoms with Crippen molar-refractivity contribution in [2.75, 3.05) is 39.5 Å². The van der Waals surface area contributed by atoms with Crippen LogP contribution < -0.4 is 0 Å². The number of nitrogens with zero attached hydrogens (tertiary/aromatic N) is 1. The van der Waals surface area contributed by atoms with Crippen molar-refractivity contribution in [2.24, 2.45) is 5.92 Å². The molecule has 126 valence electrons. The van der Waals surface area contributed by atoms with E-state index < -0.39 is 0 Å². The van der Waals surface area contributed by atoms with Crippen LogP contribution in [0.1, 0.15) is 51.4 Å². The molecule has 4 aliphatic rings. The summed E-state index contributed by atoms with van der Waals surface area (Å²) in [6, 6.07) is 0.845. The van der Waals surface area contributed by atoms with E-state index in [1.807, 2.05) is 0 Å². The molecule has 22 heavy (non-hydrogen) atoms. The molecule has 3 saturated heterocycles. The topological polar surface area (TPSA) is 30.9 Å². The second-order valence-electron chi connectivity index (χ2n) is 7.88. The fraction of sp³-hybridized carbons (Fsp3) is 1.00. The summed E-state index contributed by atoms with van der Waals surface area (Å²) in [6.45, 7) is 5.95. The minimum absolute atomic E-state index is 0.126. The van der Waals surface area contributed by atoms with Gasteiger partial charge in [0, 0.05) is 52.0 Å². The van der Waals surface area contributed by atoms with Crippen LogP contribution in [0, 0.1) is 5.92 Å². The Labute approximate surface area is 134 Å². The standard InChI is InChI=1S/C18H31NO3/c1-2-4-16(3-1)19-13-18(14-19)11-17(7-10-22-18)21-12-15-5-8-20-9-6-15/h15-17H,1-14H2/t17-/m1/s1. The van der Waals surface area contributed by atoms with Gasteiger partial charge in [-0.25, -0.2) is 0 Å². The molecule has 1 saturated carbocycles. The van der Waals surface area contributed by atoms with E-state index in [4.69, 9.17) is 14.2 Å². The van der Waals surface area contributed by atoms with E-state index >= 15 is 0 Å². The Morgan fingerprint density at radius 3 is 2.50 bits per heavy atom. The van der Waals surface area contributed by atoms with Crippen LogP contribution in [-0.4, -0.2) is 62.2 Å². The lowest BCUT2D eigenvalue weighted by atomic mass is 9.83. The van der Waals surface area contributed by atoms with Crippen molar-refractivity contribution in [1.29, 1.82) is 0 Å². The highest BCUT2D eigenvalue weighted by atomic mass is 16.5. The van der Waals surface area contributed by atoms with Crippen LogP contribution in [0.15, 0.2) is 0 Å². The van der Waals surface area contributed by atoms with Crippen LogP contribution >= 0.6 is 0 Å². The predicted octanol–water partition coefficient (Wildman–Crippen LogP) is 2.61. The van der Waals surface area contributed by atoms with E-state index in [0.717, 1.165) is 58.4 Å². The lowest BCUT2D eigenvalue weighted by Crippen LogP contribution is -2.67. The van der Waals surface area contributed by atoms with Gasteiger partial charge < -0.3 is 14.2 Å². The summed E-state index contributed by atoms with van der Waals surface area (Å²) in [4.78, 5) is 2.66. The molecule has 0 bridgehead atoms. The van der Waals surface area contributed by atoms with Crippen LogP contribution in [0.2, 0.25) is 0 Å². The molecule has 0 aromatic rings. The third-order valence-electron chi connectivity index (χ3n) is 6.18. The highest BCUT2D eigenvalue weighted by Crippen LogP contribution is 2.39. The van der Waals surface area contributed by atoms with Crippen LogP contribution in [0.25, 0.3) is 0 Å². The average Bonchev–Trinajstić information content (AvgIpc) is 3.06. The molecule has 4 rings (SSSR count). The Bertz CT molecular complexity index is 357. The minimum Gasteiger partial charge on any atom is -0.381 e. The van der Waals surface area contributed by atoms with Gasteiger partial charge in [0.05, 0.1) is 11.7 Å². The lowest BCUT2D eigenvalue weighted by molar-refractivity contribution is -0.206. The largest absolute Gasteiger partial charge is 0.381 e. The molecule has 4 fully saturated rings. The summed E-state index contributed by atoms with van der Waals surface area (Å²) < 4.78 is 17.9. The van der Waals surface area contributed by atoms with Crippen molar-refractivity contribution in [3.63, 3.8) is 0 Å². The van der Waals surface area contributed by atoms with Crippen molar-refractivity contribution in [3.05, 3.63) is 0 Å². The average molecular weight is 309 g/mol. The molecule has 0 N–H and O–H groups in total. The highest BCUT2D eigenvalue weighted by Gasteiger charge is 2.49. The first-order chi connectivity index (χ1) is 10.8. The number of hydrogen-bond acceptors (Lipinski definition) is 4. The maximum absolute atomic E-state index is 6.26. The summed E-state index contributed by atoms with van der Waals surface area (Å²) in [5, 5.41) is 0. The van der Waals surface area contributed by atoms with Crippen molar-refractivity contribution >= 4 is 0 Å². The Balaban J connectivity index is 1.22. The van der Waals surface area contributed by atoms with Gasteiger partial charge in [-0.15, -0.1) is 0 Å². The Morgan fingerprint density at radius 2 is 1.73 bits per heavy atom. The molecule has 1 atom stereocenters. The predicted molar refractivity (Wildman–Crippen MR) is 85.0 cm³/mol. The van der Waals surface area contributed by atoms with Crippen molar-refractivity contribution in [3.8, 4) is 0 Å². The van der Waals surface area contributed by atoms with Crippen LogP contribution in [0.3, 0.4) is 0 Å². The smallest absolute Gasteiger partial charge is 0.0959 e. The third kappa shape index (κ3) is 3.35. The quantitative estimate of drug-likeness (QED) is 0.799. The van der Waals surface area contributed by atoms with Crippen LogP contribution in [0.5, 0.6) is 0 Å². The maximum atomic E-state index is 6.26. The SMILES string of the molecule is C1CCC(N2CC3(C[C@H](OCC4CCOCC4)CCO3)C2)C1. The molecule has 0 radical (unpaired) electrons. The van der Waals surface area contributed by atoms with E-state index in [1.165, 1.54) is 38.5 Å². The zero-order valence-corrected chi connectivity index (χ0v) is 13.8. The molecule has 3 aliphatic heterocycles. The minimum atomic E-state index is 0.126. The Morgan fingerprint density at radius 1 is 0.955 bits per heavy atom. The fourth-order valence-electron chi connectivity index (χ4n) is 4.75. The van der Waals surface area contributed by atoms with Gasteiger partial charge in [0.25, 0.3) is 0 Å². The van der Waals surface area contributed by atoms with E-state index in [1.54, 1.807) is 0 Å². The molecule has 0 aromatic heterocycles. The molecule has 0 aromatic carbocycles. The summed E-state index contributed by atoms with van der Waals surface area (Å²) in [6.07, 6.45) is 10.6. The second-order valence-corrected chi connectivity index (χ2v) is 7.88. The normalized spacial score (nSPS) is 34.1. The summed E-state index contributed by atoms with van der Waals surface area (Å²) in [5.41, 5.74) is 0.126. The Hall–Kier alpha value is -0.160. The molecule has 0 amide bonds. The van der Waals surface area contributed by atoms with Crippen LogP contribution in [-0.2, 0) is 14.2 Å². The monoisotopic (exact) mass is 309 g/mol. The summed E-state index contributed by atoms with van der Waals surface area (Å²) >= 11 is 0. The summed E-state index contributed by atoms with van der Waals surface area (Å²) in [5.74, 6) is 0.712. The third-order valence-corrected chi connectivity index (χ3v) is 6.18. The molecular formula is C18H31NO3. The van der Waals surface area contributed by atoms with Gasteiger partial charge in [0.1, 0.15) is 0 Å². The molecule has 0 unspecified atom stereocenters. The fourth-order valence-corrected chi connectivity index (χ4v) is 4.75.